The molecule has 0 heterocycles. The highest BCUT2D eigenvalue weighted by Crippen LogP contribution is 2.21. The van der Waals surface area contributed by atoms with Gasteiger partial charge in [0.1, 0.15) is 5.82 Å². The lowest BCUT2D eigenvalue weighted by Gasteiger charge is -2.17. The molecule has 0 aliphatic heterocycles. The van der Waals surface area contributed by atoms with Gasteiger partial charge < -0.3 is 0 Å². The van der Waals surface area contributed by atoms with Crippen LogP contribution in [0.15, 0.2) is 42.5 Å². The average Bonchev–Trinajstić information content (AvgIpc) is 2.43. The van der Waals surface area contributed by atoms with E-state index in [1.54, 1.807) is 12.1 Å². The van der Waals surface area contributed by atoms with Crippen LogP contribution in [-0.4, -0.2) is 5.33 Å². The minimum absolute atomic E-state index is 0.152. The molecule has 0 bridgehead atoms. The van der Waals surface area contributed by atoms with Crippen molar-refractivity contribution in [1.82, 2.24) is 0 Å². The molecule has 2 aromatic carbocycles. The summed E-state index contributed by atoms with van der Waals surface area (Å²) in [7, 11) is 0. The molecule has 0 aliphatic rings. The molecule has 106 valence electrons. The molecule has 0 N–H and O–H groups in total. The second-order valence-corrected chi connectivity index (χ2v) is 6.07. The van der Waals surface area contributed by atoms with E-state index in [-0.39, 0.29) is 5.82 Å². The van der Waals surface area contributed by atoms with Gasteiger partial charge in [-0.2, -0.15) is 0 Å². The van der Waals surface area contributed by atoms with Crippen LogP contribution in [-0.2, 0) is 12.8 Å². The molecule has 0 amide bonds. The molecule has 0 aromatic heterocycles. The number of benzene rings is 2. The quantitative estimate of drug-likeness (QED) is 0.656. The molecule has 20 heavy (non-hydrogen) atoms. The Morgan fingerprint density at radius 2 is 1.60 bits per heavy atom. The first-order valence-electron chi connectivity index (χ1n) is 6.95. The highest BCUT2D eigenvalue weighted by molar-refractivity contribution is 9.09. The first-order valence-corrected chi connectivity index (χ1v) is 8.07. The molecule has 0 saturated heterocycles. The van der Waals surface area contributed by atoms with Crippen molar-refractivity contribution in [2.45, 2.75) is 26.7 Å². The summed E-state index contributed by atoms with van der Waals surface area (Å²) in [4.78, 5) is 0. The lowest BCUT2D eigenvalue weighted by Crippen LogP contribution is -2.11. The topological polar surface area (TPSA) is 0 Å². The maximum Gasteiger partial charge on any atom is 0.123 e. The number of rotatable bonds is 5. The van der Waals surface area contributed by atoms with E-state index < -0.39 is 0 Å². The molecule has 2 rings (SSSR count). The second-order valence-electron chi connectivity index (χ2n) is 5.43. The van der Waals surface area contributed by atoms with Crippen molar-refractivity contribution in [2.24, 2.45) is 5.92 Å². The predicted octanol–water partition coefficient (Wildman–Crippen LogP) is 5.24. The minimum atomic E-state index is -0.152. The van der Waals surface area contributed by atoms with E-state index in [1.807, 2.05) is 13.0 Å². The van der Waals surface area contributed by atoms with Crippen LogP contribution >= 0.6 is 15.9 Å². The zero-order chi connectivity index (χ0) is 14.5. The van der Waals surface area contributed by atoms with E-state index in [1.165, 1.54) is 16.7 Å². The number of aryl methyl sites for hydroxylation is 2. The van der Waals surface area contributed by atoms with Crippen molar-refractivity contribution in [3.8, 4) is 0 Å². The van der Waals surface area contributed by atoms with Crippen LogP contribution in [0.1, 0.15) is 22.3 Å². The summed E-state index contributed by atoms with van der Waals surface area (Å²) < 4.78 is 13.2. The Hall–Kier alpha value is -1.15. The molecule has 0 radical (unpaired) electrons. The summed E-state index contributed by atoms with van der Waals surface area (Å²) in [6.07, 6.45) is 2.03. The van der Waals surface area contributed by atoms with Crippen LogP contribution in [0.25, 0.3) is 0 Å². The van der Waals surface area contributed by atoms with Gasteiger partial charge in [-0.25, -0.2) is 4.39 Å². The van der Waals surface area contributed by atoms with E-state index in [0.29, 0.717) is 5.92 Å². The highest BCUT2D eigenvalue weighted by atomic mass is 79.9. The van der Waals surface area contributed by atoms with E-state index in [4.69, 9.17) is 0 Å². The summed E-state index contributed by atoms with van der Waals surface area (Å²) in [6.45, 7) is 4.14. The zero-order valence-corrected chi connectivity index (χ0v) is 13.6. The highest BCUT2D eigenvalue weighted by Gasteiger charge is 2.12. The van der Waals surface area contributed by atoms with Gasteiger partial charge in [0.25, 0.3) is 0 Å². The number of hydrogen-bond donors (Lipinski definition) is 0. The molecule has 0 nitrogen and oxygen atoms in total. The summed E-state index contributed by atoms with van der Waals surface area (Å²) in [5.74, 6) is 0.376. The van der Waals surface area contributed by atoms with Gasteiger partial charge in [0.05, 0.1) is 0 Å². The lowest BCUT2D eigenvalue weighted by atomic mass is 9.91. The van der Waals surface area contributed by atoms with Crippen LogP contribution in [0.4, 0.5) is 4.39 Å². The van der Waals surface area contributed by atoms with E-state index in [9.17, 15) is 4.39 Å². The largest absolute Gasteiger partial charge is 0.207 e. The van der Waals surface area contributed by atoms with Gasteiger partial charge in [-0.15, -0.1) is 0 Å². The van der Waals surface area contributed by atoms with Crippen LogP contribution in [0.5, 0.6) is 0 Å². The fourth-order valence-corrected chi connectivity index (χ4v) is 2.99. The van der Waals surface area contributed by atoms with Crippen molar-refractivity contribution in [2.75, 3.05) is 5.33 Å². The molecule has 1 unspecified atom stereocenters. The minimum Gasteiger partial charge on any atom is -0.207 e. The summed E-state index contributed by atoms with van der Waals surface area (Å²) in [5.41, 5.74) is 5.02. The normalized spacial score (nSPS) is 12.4. The third-order valence-electron chi connectivity index (χ3n) is 3.80. The van der Waals surface area contributed by atoms with Gasteiger partial charge in [0.2, 0.25) is 0 Å². The van der Waals surface area contributed by atoms with Crippen LogP contribution < -0.4 is 0 Å². The third kappa shape index (κ3) is 3.92. The first kappa shape index (κ1) is 15.2. The Morgan fingerprint density at radius 3 is 2.20 bits per heavy atom. The van der Waals surface area contributed by atoms with Crippen molar-refractivity contribution in [3.05, 3.63) is 70.5 Å². The van der Waals surface area contributed by atoms with E-state index in [0.717, 1.165) is 23.7 Å². The number of halogens is 2. The van der Waals surface area contributed by atoms with Crippen LogP contribution in [0.2, 0.25) is 0 Å². The van der Waals surface area contributed by atoms with Crippen molar-refractivity contribution in [3.63, 3.8) is 0 Å². The van der Waals surface area contributed by atoms with Gasteiger partial charge >= 0.3 is 0 Å². The van der Waals surface area contributed by atoms with Gasteiger partial charge in [0.15, 0.2) is 0 Å². The third-order valence-corrected chi connectivity index (χ3v) is 4.72. The summed E-state index contributed by atoms with van der Waals surface area (Å²) in [6, 6.07) is 13.6. The molecule has 0 aliphatic carbocycles. The van der Waals surface area contributed by atoms with Crippen LogP contribution in [0.3, 0.4) is 0 Å². The van der Waals surface area contributed by atoms with Crippen molar-refractivity contribution >= 4 is 15.9 Å². The molecular formula is C18H20BrF. The molecule has 0 fully saturated rings. The monoisotopic (exact) mass is 334 g/mol. The second kappa shape index (κ2) is 7.03. The van der Waals surface area contributed by atoms with E-state index >= 15 is 0 Å². The zero-order valence-electron chi connectivity index (χ0n) is 12.0. The number of alkyl halides is 1. The Kier molecular flexibility index (Phi) is 5.36. The SMILES string of the molecule is Cc1ccccc1CC(CBr)Cc1ccc(F)cc1C. The predicted molar refractivity (Wildman–Crippen MR) is 87.0 cm³/mol. The van der Waals surface area contributed by atoms with Gasteiger partial charge in [-0.1, -0.05) is 46.3 Å². The number of hydrogen-bond acceptors (Lipinski definition) is 0. The fraction of sp³-hybridized carbons (Fsp3) is 0.333. The maximum atomic E-state index is 13.2. The molecule has 0 spiro atoms. The van der Waals surface area contributed by atoms with Gasteiger partial charge in [-0.3, -0.25) is 0 Å². The van der Waals surface area contributed by atoms with Crippen molar-refractivity contribution < 1.29 is 4.39 Å². The summed E-state index contributed by atoms with van der Waals surface area (Å²) >= 11 is 3.62. The van der Waals surface area contributed by atoms with Crippen molar-refractivity contribution in [1.29, 1.82) is 0 Å². The fourth-order valence-electron chi connectivity index (χ4n) is 2.53. The standard InChI is InChI=1S/C18H20BrF/c1-13-5-3-4-6-16(13)10-15(12-19)11-17-7-8-18(20)9-14(17)2/h3-9,15H,10-12H2,1-2H3. The maximum absolute atomic E-state index is 13.2. The molecule has 1 atom stereocenters. The summed E-state index contributed by atoms with van der Waals surface area (Å²) in [5, 5.41) is 0.956. The smallest absolute Gasteiger partial charge is 0.123 e. The Balaban J connectivity index is 2.11. The molecule has 0 saturated carbocycles. The lowest BCUT2D eigenvalue weighted by molar-refractivity contribution is 0.584. The average molecular weight is 335 g/mol. The van der Waals surface area contributed by atoms with E-state index in [2.05, 4.69) is 47.1 Å². The van der Waals surface area contributed by atoms with Gasteiger partial charge in [0, 0.05) is 5.33 Å². The van der Waals surface area contributed by atoms with Gasteiger partial charge in [-0.05, 0) is 67.0 Å². The first-order chi connectivity index (χ1) is 9.60. The Bertz CT molecular complexity index is 577. The molecular weight excluding hydrogens is 315 g/mol. The van der Waals surface area contributed by atoms with Crippen LogP contribution in [0, 0.1) is 25.6 Å². The Morgan fingerprint density at radius 1 is 0.950 bits per heavy atom. The molecule has 2 heteroatoms. The molecule has 2 aromatic rings. The Labute approximate surface area is 129 Å².